The molecular weight excluding hydrogens is 230 g/mol. The molecule has 1 aliphatic rings. The maximum atomic E-state index is 10.2. The first-order valence-electron chi connectivity index (χ1n) is 5.39. The van der Waals surface area contributed by atoms with Crippen LogP contribution in [-0.2, 0) is 0 Å². The lowest BCUT2D eigenvalue weighted by molar-refractivity contribution is 0.220. The van der Waals surface area contributed by atoms with Crippen LogP contribution in [0.25, 0.3) is 11.3 Å². The van der Waals surface area contributed by atoms with Crippen LogP contribution in [0.15, 0.2) is 24.3 Å². The molecular formula is C13H9N3O2. The number of nitriles is 1. The third kappa shape index (κ3) is 1.30. The number of nitrogens with zero attached hydrogens (tertiary/aromatic N) is 3. The molecule has 0 amide bonds. The van der Waals surface area contributed by atoms with Gasteiger partial charge in [-0.15, -0.1) is 0 Å². The molecule has 0 radical (unpaired) electrons. The number of aliphatic hydroxyl groups is 1. The summed E-state index contributed by atoms with van der Waals surface area (Å²) in [6.45, 7) is 0. The van der Waals surface area contributed by atoms with E-state index in [9.17, 15) is 5.11 Å². The molecule has 1 N–H and O–H groups in total. The third-order valence-corrected chi connectivity index (χ3v) is 2.96. The van der Waals surface area contributed by atoms with Gasteiger partial charge in [0, 0.05) is 5.56 Å². The van der Waals surface area contributed by atoms with Crippen molar-refractivity contribution in [3.63, 3.8) is 0 Å². The Morgan fingerprint density at radius 1 is 1.33 bits per heavy atom. The van der Waals surface area contributed by atoms with E-state index in [1.807, 2.05) is 30.3 Å². The Labute approximate surface area is 103 Å². The summed E-state index contributed by atoms with van der Waals surface area (Å²) in [5, 5.41) is 19.1. The van der Waals surface area contributed by atoms with E-state index in [-0.39, 0.29) is 11.6 Å². The van der Waals surface area contributed by atoms with Gasteiger partial charge in [-0.3, -0.25) is 0 Å². The van der Waals surface area contributed by atoms with Crippen molar-refractivity contribution in [2.45, 2.75) is 6.10 Å². The SMILES string of the molecule is COc1nc2c(nc1C#N)C(O)c1ccccc1-2. The molecule has 0 saturated heterocycles. The number of hydrogen-bond acceptors (Lipinski definition) is 5. The largest absolute Gasteiger partial charge is 0.479 e. The molecule has 88 valence electrons. The minimum absolute atomic E-state index is 0.0862. The molecule has 1 aromatic carbocycles. The first-order chi connectivity index (χ1) is 8.76. The van der Waals surface area contributed by atoms with Gasteiger partial charge in [0.25, 0.3) is 5.88 Å². The predicted octanol–water partition coefficient (Wildman–Crippen LogP) is 1.42. The second-order valence-electron chi connectivity index (χ2n) is 3.92. The normalized spacial score (nSPS) is 15.7. The number of hydrogen-bond donors (Lipinski definition) is 1. The van der Waals surface area contributed by atoms with Crippen molar-refractivity contribution >= 4 is 0 Å². The van der Waals surface area contributed by atoms with Gasteiger partial charge in [0.05, 0.1) is 12.8 Å². The lowest BCUT2D eigenvalue weighted by atomic mass is 10.1. The summed E-state index contributed by atoms with van der Waals surface area (Å²) in [6, 6.07) is 9.31. The highest BCUT2D eigenvalue weighted by Gasteiger charge is 2.31. The van der Waals surface area contributed by atoms with Crippen molar-refractivity contribution in [1.82, 2.24) is 9.97 Å². The second-order valence-corrected chi connectivity index (χ2v) is 3.92. The molecule has 1 atom stereocenters. The Bertz CT molecular complexity index is 676. The lowest BCUT2D eigenvalue weighted by Crippen LogP contribution is -2.03. The van der Waals surface area contributed by atoms with Crippen LogP contribution >= 0.6 is 0 Å². The molecule has 5 nitrogen and oxygen atoms in total. The first kappa shape index (κ1) is 10.7. The summed E-state index contributed by atoms with van der Waals surface area (Å²) in [7, 11) is 1.44. The van der Waals surface area contributed by atoms with Gasteiger partial charge in [-0.25, -0.2) is 9.97 Å². The highest BCUT2D eigenvalue weighted by Crippen LogP contribution is 2.41. The first-order valence-corrected chi connectivity index (χ1v) is 5.39. The van der Waals surface area contributed by atoms with E-state index in [0.29, 0.717) is 11.4 Å². The molecule has 3 rings (SSSR count). The molecule has 0 fully saturated rings. The van der Waals surface area contributed by atoms with E-state index in [1.54, 1.807) is 0 Å². The zero-order chi connectivity index (χ0) is 12.7. The number of ether oxygens (including phenoxy) is 1. The molecule has 1 aliphatic carbocycles. The van der Waals surface area contributed by atoms with E-state index < -0.39 is 6.10 Å². The number of fused-ring (bicyclic) bond motifs is 3. The van der Waals surface area contributed by atoms with Crippen molar-refractivity contribution in [2.24, 2.45) is 0 Å². The van der Waals surface area contributed by atoms with Crippen LogP contribution < -0.4 is 4.74 Å². The topological polar surface area (TPSA) is 79.0 Å². The summed E-state index contributed by atoms with van der Waals surface area (Å²) in [6.07, 6.45) is -0.832. The van der Waals surface area contributed by atoms with Gasteiger partial charge in [0.15, 0.2) is 0 Å². The van der Waals surface area contributed by atoms with Gasteiger partial charge in [-0.2, -0.15) is 5.26 Å². The maximum Gasteiger partial charge on any atom is 0.251 e. The van der Waals surface area contributed by atoms with Gasteiger partial charge in [0.1, 0.15) is 17.9 Å². The smallest absolute Gasteiger partial charge is 0.251 e. The average Bonchev–Trinajstić information content (AvgIpc) is 2.71. The van der Waals surface area contributed by atoms with Crippen LogP contribution in [0.2, 0.25) is 0 Å². The quantitative estimate of drug-likeness (QED) is 0.814. The molecule has 1 heterocycles. The third-order valence-electron chi connectivity index (χ3n) is 2.96. The van der Waals surface area contributed by atoms with E-state index in [2.05, 4.69) is 9.97 Å². The maximum absolute atomic E-state index is 10.2. The van der Waals surface area contributed by atoms with E-state index in [4.69, 9.17) is 10.00 Å². The molecule has 0 aliphatic heterocycles. The number of aliphatic hydroxyl groups excluding tert-OH is 1. The second kappa shape index (κ2) is 3.79. The average molecular weight is 239 g/mol. The minimum Gasteiger partial charge on any atom is -0.479 e. The van der Waals surface area contributed by atoms with Gasteiger partial charge in [-0.1, -0.05) is 24.3 Å². The summed E-state index contributed by atoms with van der Waals surface area (Å²) in [5.74, 6) is 0.181. The van der Waals surface area contributed by atoms with Gasteiger partial charge >= 0.3 is 0 Å². The van der Waals surface area contributed by atoms with Crippen molar-refractivity contribution in [2.75, 3.05) is 7.11 Å². The van der Waals surface area contributed by atoms with Crippen molar-refractivity contribution in [3.8, 4) is 23.2 Å². The molecule has 5 heteroatoms. The summed E-state index contributed by atoms with van der Waals surface area (Å²) < 4.78 is 5.03. The van der Waals surface area contributed by atoms with Crippen LogP contribution in [0.1, 0.15) is 23.1 Å². The Morgan fingerprint density at radius 2 is 2.11 bits per heavy atom. The van der Waals surface area contributed by atoms with Crippen LogP contribution in [-0.4, -0.2) is 22.2 Å². The lowest BCUT2D eigenvalue weighted by Gasteiger charge is -2.06. The number of methoxy groups -OCH3 is 1. The fourth-order valence-corrected chi connectivity index (χ4v) is 2.14. The van der Waals surface area contributed by atoms with Crippen LogP contribution in [0, 0.1) is 11.3 Å². The molecule has 0 spiro atoms. The minimum atomic E-state index is -0.832. The van der Waals surface area contributed by atoms with Crippen LogP contribution in [0.5, 0.6) is 5.88 Å². The highest BCUT2D eigenvalue weighted by atomic mass is 16.5. The van der Waals surface area contributed by atoms with E-state index >= 15 is 0 Å². The Kier molecular flexibility index (Phi) is 2.25. The summed E-state index contributed by atoms with van der Waals surface area (Å²) >= 11 is 0. The molecule has 2 aromatic rings. The zero-order valence-corrected chi connectivity index (χ0v) is 9.58. The van der Waals surface area contributed by atoms with E-state index in [0.717, 1.165) is 11.1 Å². The number of rotatable bonds is 1. The molecule has 0 bridgehead atoms. The monoisotopic (exact) mass is 239 g/mol. The molecule has 0 saturated carbocycles. The Morgan fingerprint density at radius 3 is 2.83 bits per heavy atom. The van der Waals surface area contributed by atoms with Gasteiger partial charge in [0.2, 0.25) is 5.69 Å². The van der Waals surface area contributed by atoms with E-state index in [1.165, 1.54) is 7.11 Å². The Balaban J connectivity index is 2.30. The highest BCUT2D eigenvalue weighted by molar-refractivity contribution is 5.74. The number of benzene rings is 1. The van der Waals surface area contributed by atoms with Gasteiger partial charge < -0.3 is 9.84 Å². The Hall–Kier alpha value is -2.45. The molecule has 18 heavy (non-hydrogen) atoms. The fourth-order valence-electron chi connectivity index (χ4n) is 2.14. The van der Waals surface area contributed by atoms with Crippen molar-refractivity contribution in [3.05, 3.63) is 41.2 Å². The van der Waals surface area contributed by atoms with Crippen LogP contribution in [0.3, 0.4) is 0 Å². The summed E-state index contributed by atoms with van der Waals surface area (Å²) in [4.78, 5) is 8.41. The van der Waals surface area contributed by atoms with Crippen molar-refractivity contribution in [1.29, 1.82) is 5.26 Å². The number of aromatic nitrogens is 2. The fraction of sp³-hybridized carbons (Fsp3) is 0.154. The summed E-state index contributed by atoms with van der Waals surface area (Å²) in [5.41, 5.74) is 2.66. The van der Waals surface area contributed by atoms with Gasteiger partial charge in [-0.05, 0) is 5.56 Å². The zero-order valence-electron chi connectivity index (χ0n) is 9.58. The van der Waals surface area contributed by atoms with Crippen molar-refractivity contribution < 1.29 is 9.84 Å². The standard InChI is InChI=1S/C13H9N3O2/c1-18-13-9(6-14)15-11-10(16-13)7-4-2-3-5-8(7)12(11)17/h2-5,12,17H,1H3. The van der Waals surface area contributed by atoms with Crippen LogP contribution in [0.4, 0.5) is 0 Å². The molecule has 1 unspecified atom stereocenters. The molecule has 1 aromatic heterocycles. The predicted molar refractivity (Wildman–Crippen MR) is 62.8 cm³/mol.